The maximum atomic E-state index is 5.91. The molecule has 1 aliphatic rings. The molecule has 1 aromatic heterocycles. The molecule has 1 saturated heterocycles. The number of hydrogen-bond acceptors (Lipinski definition) is 4. The molecule has 1 atom stereocenters. The molecular weight excluding hydrogens is 262 g/mol. The molecule has 0 radical (unpaired) electrons. The number of piperazine rings is 1. The van der Waals surface area contributed by atoms with Crippen molar-refractivity contribution in [2.24, 2.45) is 0 Å². The Labute approximate surface area is 129 Å². The quantitative estimate of drug-likeness (QED) is 0.747. The van der Waals surface area contributed by atoms with Crippen LogP contribution in [0.5, 0.6) is 0 Å². The summed E-state index contributed by atoms with van der Waals surface area (Å²) >= 11 is 0. The van der Waals surface area contributed by atoms with Crippen LogP contribution in [-0.2, 0) is 13.1 Å². The number of rotatable bonds is 8. The molecule has 4 heteroatoms. The van der Waals surface area contributed by atoms with Gasteiger partial charge in [-0.05, 0) is 38.4 Å². The van der Waals surface area contributed by atoms with Gasteiger partial charge in [-0.15, -0.1) is 0 Å². The zero-order valence-corrected chi connectivity index (χ0v) is 13.9. The summed E-state index contributed by atoms with van der Waals surface area (Å²) in [4.78, 5) is 5.10. The van der Waals surface area contributed by atoms with Gasteiger partial charge >= 0.3 is 0 Å². The highest BCUT2D eigenvalue weighted by Gasteiger charge is 2.20. The maximum absolute atomic E-state index is 5.91. The predicted octanol–water partition coefficient (Wildman–Crippen LogP) is 2.70. The predicted molar refractivity (Wildman–Crippen MR) is 87.3 cm³/mol. The van der Waals surface area contributed by atoms with Crippen molar-refractivity contribution in [3.8, 4) is 0 Å². The van der Waals surface area contributed by atoms with E-state index in [2.05, 4.69) is 48.0 Å². The van der Waals surface area contributed by atoms with Gasteiger partial charge in [0, 0.05) is 32.2 Å². The topological polar surface area (TPSA) is 31.6 Å². The first-order valence-corrected chi connectivity index (χ1v) is 8.47. The van der Waals surface area contributed by atoms with Crippen molar-refractivity contribution in [3.05, 3.63) is 23.7 Å². The molecule has 1 aromatic rings. The molecule has 1 unspecified atom stereocenters. The van der Waals surface area contributed by atoms with Gasteiger partial charge in [-0.3, -0.25) is 9.80 Å². The van der Waals surface area contributed by atoms with E-state index in [0.29, 0.717) is 6.04 Å². The van der Waals surface area contributed by atoms with Crippen molar-refractivity contribution in [3.63, 3.8) is 0 Å². The molecule has 0 bridgehead atoms. The summed E-state index contributed by atoms with van der Waals surface area (Å²) in [5, 5.41) is 3.38. The minimum atomic E-state index is 0.715. The molecular formula is C17H31N3O. The van der Waals surface area contributed by atoms with E-state index >= 15 is 0 Å². The van der Waals surface area contributed by atoms with E-state index in [1.54, 1.807) is 0 Å². The highest BCUT2D eigenvalue weighted by Crippen LogP contribution is 2.14. The molecule has 120 valence electrons. The fourth-order valence-corrected chi connectivity index (χ4v) is 2.83. The summed E-state index contributed by atoms with van der Waals surface area (Å²) in [5.41, 5.74) is 0. The standard InChI is InChI=1S/C17H31N3O/c1-4-8-18-13-16-6-7-17(21-16)14-19-9-11-20(12-10-19)15(3)5-2/h6-7,15,18H,4-5,8-14H2,1-3H3. The Morgan fingerprint density at radius 1 is 1.14 bits per heavy atom. The summed E-state index contributed by atoms with van der Waals surface area (Å²) in [6, 6.07) is 4.95. The van der Waals surface area contributed by atoms with Crippen molar-refractivity contribution in [2.75, 3.05) is 32.7 Å². The van der Waals surface area contributed by atoms with Crippen molar-refractivity contribution in [1.29, 1.82) is 0 Å². The maximum Gasteiger partial charge on any atom is 0.118 e. The minimum absolute atomic E-state index is 0.715. The van der Waals surface area contributed by atoms with Crippen LogP contribution in [-0.4, -0.2) is 48.6 Å². The molecule has 1 aliphatic heterocycles. The molecule has 2 heterocycles. The third-order valence-corrected chi connectivity index (χ3v) is 4.44. The summed E-state index contributed by atoms with van der Waals surface area (Å²) < 4.78 is 5.91. The summed E-state index contributed by atoms with van der Waals surface area (Å²) in [6.45, 7) is 14.3. The normalized spacial score (nSPS) is 19.0. The number of nitrogens with zero attached hydrogens (tertiary/aromatic N) is 2. The van der Waals surface area contributed by atoms with Crippen molar-refractivity contribution < 1.29 is 4.42 Å². The lowest BCUT2D eigenvalue weighted by Gasteiger charge is -2.37. The summed E-state index contributed by atoms with van der Waals surface area (Å²) in [6.07, 6.45) is 2.40. The van der Waals surface area contributed by atoms with Gasteiger partial charge in [0.25, 0.3) is 0 Å². The highest BCUT2D eigenvalue weighted by atomic mass is 16.3. The first-order valence-electron chi connectivity index (χ1n) is 8.47. The van der Waals surface area contributed by atoms with Gasteiger partial charge < -0.3 is 9.73 Å². The molecule has 0 saturated carbocycles. The molecule has 2 rings (SSSR count). The van der Waals surface area contributed by atoms with E-state index in [0.717, 1.165) is 50.7 Å². The van der Waals surface area contributed by atoms with Crippen molar-refractivity contribution in [1.82, 2.24) is 15.1 Å². The Bertz CT molecular complexity index is 396. The van der Waals surface area contributed by atoms with E-state index in [9.17, 15) is 0 Å². The third-order valence-electron chi connectivity index (χ3n) is 4.44. The molecule has 0 amide bonds. The number of furan rings is 1. The first-order chi connectivity index (χ1) is 10.2. The first kappa shape index (κ1) is 16.5. The molecule has 1 fully saturated rings. The van der Waals surface area contributed by atoms with Gasteiger partial charge in [-0.1, -0.05) is 13.8 Å². The molecule has 4 nitrogen and oxygen atoms in total. The second-order valence-corrected chi connectivity index (χ2v) is 6.11. The average Bonchev–Trinajstić information content (AvgIpc) is 2.95. The van der Waals surface area contributed by atoms with Crippen LogP contribution in [0.15, 0.2) is 16.5 Å². The van der Waals surface area contributed by atoms with Crippen LogP contribution in [0, 0.1) is 0 Å². The van der Waals surface area contributed by atoms with Crippen molar-refractivity contribution in [2.45, 2.75) is 52.7 Å². The smallest absolute Gasteiger partial charge is 0.118 e. The summed E-state index contributed by atoms with van der Waals surface area (Å²) in [5.74, 6) is 2.15. The fourth-order valence-electron chi connectivity index (χ4n) is 2.83. The van der Waals surface area contributed by atoms with Crippen LogP contribution >= 0.6 is 0 Å². The van der Waals surface area contributed by atoms with Crippen molar-refractivity contribution >= 4 is 0 Å². The monoisotopic (exact) mass is 293 g/mol. The van der Waals surface area contributed by atoms with Gasteiger partial charge in [0.1, 0.15) is 11.5 Å². The van der Waals surface area contributed by atoms with Crippen LogP contribution in [0.1, 0.15) is 45.1 Å². The van der Waals surface area contributed by atoms with Gasteiger partial charge in [-0.2, -0.15) is 0 Å². The molecule has 0 aromatic carbocycles. The molecule has 1 N–H and O–H groups in total. The summed E-state index contributed by atoms with van der Waals surface area (Å²) in [7, 11) is 0. The van der Waals surface area contributed by atoms with Crippen LogP contribution < -0.4 is 5.32 Å². The van der Waals surface area contributed by atoms with E-state index in [-0.39, 0.29) is 0 Å². The van der Waals surface area contributed by atoms with Crippen LogP contribution in [0.2, 0.25) is 0 Å². The van der Waals surface area contributed by atoms with Gasteiger partial charge in [0.05, 0.1) is 13.1 Å². The lowest BCUT2D eigenvalue weighted by Crippen LogP contribution is -2.48. The van der Waals surface area contributed by atoms with E-state index in [4.69, 9.17) is 4.42 Å². The molecule has 21 heavy (non-hydrogen) atoms. The number of hydrogen-bond donors (Lipinski definition) is 1. The largest absolute Gasteiger partial charge is 0.463 e. The second-order valence-electron chi connectivity index (χ2n) is 6.11. The van der Waals surface area contributed by atoms with E-state index in [1.165, 1.54) is 19.5 Å². The second kappa shape index (κ2) is 8.57. The Hall–Kier alpha value is -0.840. The Balaban J connectivity index is 1.73. The highest BCUT2D eigenvalue weighted by molar-refractivity contribution is 5.07. The van der Waals surface area contributed by atoms with Crippen LogP contribution in [0.4, 0.5) is 0 Å². The van der Waals surface area contributed by atoms with Crippen LogP contribution in [0.25, 0.3) is 0 Å². The third kappa shape index (κ3) is 5.13. The van der Waals surface area contributed by atoms with Gasteiger partial charge in [0.15, 0.2) is 0 Å². The SMILES string of the molecule is CCCNCc1ccc(CN2CCN(C(C)CC)CC2)o1. The fraction of sp³-hybridized carbons (Fsp3) is 0.765. The Kier molecular flexibility index (Phi) is 6.74. The van der Waals surface area contributed by atoms with Gasteiger partial charge in [0.2, 0.25) is 0 Å². The lowest BCUT2D eigenvalue weighted by atomic mass is 10.2. The van der Waals surface area contributed by atoms with E-state index < -0.39 is 0 Å². The lowest BCUT2D eigenvalue weighted by molar-refractivity contribution is 0.0916. The molecule has 0 aliphatic carbocycles. The Morgan fingerprint density at radius 2 is 1.86 bits per heavy atom. The average molecular weight is 293 g/mol. The zero-order valence-electron chi connectivity index (χ0n) is 13.9. The van der Waals surface area contributed by atoms with E-state index in [1.807, 2.05) is 0 Å². The number of nitrogens with one attached hydrogen (secondary N) is 1. The van der Waals surface area contributed by atoms with Crippen LogP contribution in [0.3, 0.4) is 0 Å². The minimum Gasteiger partial charge on any atom is -0.463 e. The molecule has 0 spiro atoms. The zero-order chi connectivity index (χ0) is 15.1. The van der Waals surface area contributed by atoms with Gasteiger partial charge in [-0.25, -0.2) is 0 Å². The Morgan fingerprint density at radius 3 is 2.52 bits per heavy atom.